The lowest BCUT2D eigenvalue weighted by Gasteiger charge is -2.10. The van der Waals surface area contributed by atoms with Gasteiger partial charge in [-0.15, -0.1) is 0 Å². The molecule has 0 atom stereocenters. The second kappa shape index (κ2) is 6.26. The Morgan fingerprint density at radius 3 is 2.67 bits per heavy atom. The second-order valence-corrected chi connectivity index (χ2v) is 4.92. The fourth-order valence-electron chi connectivity index (χ4n) is 1.35. The zero-order chi connectivity index (χ0) is 11.3. The molecule has 0 radical (unpaired) electrons. The molecule has 0 amide bonds. The molecule has 3 heteroatoms. The predicted molar refractivity (Wildman–Crippen MR) is 69.1 cm³/mol. The molecule has 84 valence electrons. The minimum atomic E-state index is 0.946. The van der Waals surface area contributed by atoms with E-state index in [1.807, 2.05) is 0 Å². The van der Waals surface area contributed by atoms with Crippen molar-refractivity contribution in [2.45, 2.75) is 13.5 Å². The fourth-order valence-corrected chi connectivity index (χ4v) is 1.60. The Morgan fingerprint density at radius 1 is 1.33 bits per heavy atom. The van der Waals surface area contributed by atoms with Crippen LogP contribution in [0.2, 0.25) is 0 Å². The van der Waals surface area contributed by atoms with E-state index in [1.54, 1.807) is 0 Å². The van der Waals surface area contributed by atoms with Crippen molar-refractivity contribution >= 4 is 15.9 Å². The van der Waals surface area contributed by atoms with Crippen LogP contribution < -0.4 is 5.32 Å². The largest absolute Gasteiger partial charge is 0.311 e. The molecular formula is C12H19BrN2. The van der Waals surface area contributed by atoms with Crippen molar-refractivity contribution in [2.24, 2.45) is 0 Å². The summed E-state index contributed by atoms with van der Waals surface area (Å²) in [5.74, 6) is 0. The minimum Gasteiger partial charge on any atom is -0.311 e. The summed E-state index contributed by atoms with van der Waals surface area (Å²) in [7, 11) is 4.18. The lowest BCUT2D eigenvalue weighted by molar-refractivity contribution is 0.400. The van der Waals surface area contributed by atoms with E-state index in [1.165, 1.54) is 15.6 Å². The fraction of sp³-hybridized carbons (Fsp3) is 0.500. The van der Waals surface area contributed by atoms with E-state index in [4.69, 9.17) is 0 Å². The number of likely N-dealkylation sites (N-methyl/N-ethyl adjacent to an activating group) is 1. The molecule has 1 aromatic carbocycles. The van der Waals surface area contributed by atoms with Gasteiger partial charge in [0.1, 0.15) is 0 Å². The van der Waals surface area contributed by atoms with Crippen LogP contribution in [-0.2, 0) is 6.54 Å². The lowest BCUT2D eigenvalue weighted by atomic mass is 10.1. The molecule has 2 nitrogen and oxygen atoms in total. The van der Waals surface area contributed by atoms with E-state index in [0.29, 0.717) is 0 Å². The van der Waals surface area contributed by atoms with Crippen molar-refractivity contribution in [1.82, 2.24) is 10.2 Å². The third-order valence-corrected chi connectivity index (χ3v) is 3.18. The van der Waals surface area contributed by atoms with Gasteiger partial charge in [0.2, 0.25) is 0 Å². The molecule has 1 aromatic rings. The van der Waals surface area contributed by atoms with Crippen LogP contribution in [0.15, 0.2) is 22.7 Å². The molecule has 0 saturated carbocycles. The molecule has 0 aromatic heterocycles. The van der Waals surface area contributed by atoms with Gasteiger partial charge in [-0.2, -0.15) is 0 Å². The summed E-state index contributed by atoms with van der Waals surface area (Å²) in [4.78, 5) is 2.18. The minimum absolute atomic E-state index is 0.946. The number of rotatable bonds is 5. The number of hydrogen-bond acceptors (Lipinski definition) is 2. The Labute approximate surface area is 101 Å². The van der Waals surface area contributed by atoms with Crippen molar-refractivity contribution in [2.75, 3.05) is 27.2 Å². The standard InChI is InChI=1S/C12H19BrN2/c1-10-8-11(4-5-12(10)13)9-14-6-7-15(2)3/h4-5,8,14H,6-7,9H2,1-3H3. The number of nitrogens with one attached hydrogen (secondary N) is 1. The number of hydrogen-bond donors (Lipinski definition) is 1. The first-order chi connectivity index (χ1) is 7.09. The highest BCUT2D eigenvalue weighted by Gasteiger charge is 1.97. The topological polar surface area (TPSA) is 15.3 Å². The van der Waals surface area contributed by atoms with Gasteiger partial charge in [0.05, 0.1) is 0 Å². The third-order valence-electron chi connectivity index (χ3n) is 2.29. The normalized spacial score (nSPS) is 11.0. The first kappa shape index (κ1) is 12.7. The van der Waals surface area contributed by atoms with E-state index in [0.717, 1.165) is 19.6 Å². The van der Waals surface area contributed by atoms with Gasteiger partial charge in [0.15, 0.2) is 0 Å². The first-order valence-corrected chi connectivity index (χ1v) is 5.99. The molecule has 0 bridgehead atoms. The maximum atomic E-state index is 3.50. The number of benzene rings is 1. The Kier molecular flexibility index (Phi) is 5.29. The molecule has 1 N–H and O–H groups in total. The van der Waals surface area contributed by atoms with Crippen molar-refractivity contribution in [3.8, 4) is 0 Å². The zero-order valence-corrected chi connectivity index (χ0v) is 11.3. The highest BCUT2D eigenvalue weighted by molar-refractivity contribution is 9.10. The molecule has 0 heterocycles. The molecule has 0 unspecified atom stereocenters. The summed E-state index contributed by atoms with van der Waals surface area (Å²) in [6, 6.07) is 6.48. The maximum Gasteiger partial charge on any atom is 0.0206 e. The summed E-state index contributed by atoms with van der Waals surface area (Å²) >= 11 is 3.50. The SMILES string of the molecule is Cc1cc(CNCCN(C)C)ccc1Br. The molecule has 15 heavy (non-hydrogen) atoms. The summed E-state index contributed by atoms with van der Waals surface area (Å²) in [5, 5.41) is 3.42. The first-order valence-electron chi connectivity index (χ1n) is 5.20. The smallest absolute Gasteiger partial charge is 0.0206 e. The third kappa shape index (κ3) is 4.78. The Hall–Kier alpha value is -0.380. The van der Waals surface area contributed by atoms with Crippen molar-refractivity contribution < 1.29 is 0 Å². The summed E-state index contributed by atoms with van der Waals surface area (Å²) in [6.07, 6.45) is 0. The maximum absolute atomic E-state index is 3.50. The molecular weight excluding hydrogens is 252 g/mol. The Bertz CT molecular complexity index is 310. The van der Waals surface area contributed by atoms with Crippen LogP contribution in [0.3, 0.4) is 0 Å². The van der Waals surface area contributed by atoms with Crippen molar-refractivity contribution in [3.05, 3.63) is 33.8 Å². The van der Waals surface area contributed by atoms with Crippen LogP contribution >= 0.6 is 15.9 Å². The van der Waals surface area contributed by atoms with E-state index >= 15 is 0 Å². The zero-order valence-electron chi connectivity index (χ0n) is 9.68. The molecule has 0 fully saturated rings. The number of halogens is 1. The van der Waals surface area contributed by atoms with Crippen molar-refractivity contribution in [1.29, 1.82) is 0 Å². The number of aryl methyl sites for hydroxylation is 1. The van der Waals surface area contributed by atoms with Gasteiger partial charge < -0.3 is 10.2 Å². The van der Waals surface area contributed by atoms with Gasteiger partial charge in [-0.3, -0.25) is 0 Å². The quantitative estimate of drug-likeness (QED) is 0.827. The monoisotopic (exact) mass is 270 g/mol. The van der Waals surface area contributed by atoms with Gasteiger partial charge in [-0.1, -0.05) is 28.1 Å². The summed E-state index contributed by atoms with van der Waals surface area (Å²) in [6.45, 7) is 5.17. The average molecular weight is 271 g/mol. The molecule has 0 saturated heterocycles. The number of nitrogens with zero attached hydrogens (tertiary/aromatic N) is 1. The van der Waals surface area contributed by atoms with Gasteiger partial charge in [0, 0.05) is 24.1 Å². The Morgan fingerprint density at radius 2 is 2.07 bits per heavy atom. The lowest BCUT2D eigenvalue weighted by Crippen LogP contribution is -2.26. The van der Waals surface area contributed by atoms with Crippen LogP contribution in [0.1, 0.15) is 11.1 Å². The molecule has 0 aliphatic rings. The Balaban J connectivity index is 2.35. The molecule has 0 aliphatic carbocycles. The van der Waals surface area contributed by atoms with Crippen LogP contribution in [-0.4, -0.2) is 32.1 Å². The summed E-state index contributed by atoms with van der Waals surface area (Å²) in [5.41, 5.74) is 2.64. The van der Waals surface area contributed by atoms with Crippen molar-refractivity contribution in [3.63, 3.8) is 0 Å². The average Bonchev–Trinajstić information content (AvgIpc) is 2.18. The van der Waals surface area contributed by atoms with Crippen LogP contribution in [0.4, 0.5) is 0 Å². The van der Waals surface area contributed by atoms with Gasteiger partial charge >= 0.3 is 0 Å². The van der Waals surface area contributed by atoms with Gasteiger partial charge in [0.25, 0.3) is 0 Å². The molecule has 0 spiro atoms. The van der Waals surface area contributed by atoms with E-state index < -0.39 is 0 Å². The van der Waals surface area contributed by atoms with E-state index in [2.05, 4.69) is 65.4 Å². The van der Waals surface area contributed by atoms with Crippen LogP contribution in [0, 0.1) is 6.92 Å². The highest BCUT2D eigenvalue weighted by atomic mass is 79.9. The summed E-state index contributed by atoms with van der Waals surface area (Å²) < 4.78 is 1.18. The molecule has 1 rings (SSSR count). The molecule has 0 aliphatic heterocycles. The predicted octanol–water partition coefficient (Wildman–Crippen LogP) is 2.41. The van der Waals surface area contributed by atoms with Gasteiger partial charge in [-0.25, -0.2) is 0 Å². The van der Waals surface area contributed by atoms with E-state index in [9.17, 15) is 0 Å². The van der Waals surface area contributed by atoms with E-state index in [-0.39, 0.29) is 0 Å². The highest BCUT2D eigenvalue weighted by Crippen LogP contribution is 2.16. The second-order valence-electron chi connectivity index (χ2n) is 4.06. The van der Waals surface area contributed by atoms with Gasteiger partial charge in [-0.05, 0) is 38.2 Å². The van der Waals surface area contributed by atoms with Crippen LogP contribution in [0.25, 0.3) is 0 Å². The van der Waals surface area contributed by atoms with Crippen LogP contribution in [0.5, 0.6) is 0 Å².